The molecule has 2 aliphatic rings. The number of imidazole rings is 1. The van der Waals surface area contributed by atoms with Gasteiger partial charge in [0.2, 0.25) is 5.78 Å². The molecule has 5 rings (SSSR count). The smallest absolute Gasteiger partial charge is 0.203 e. The van der Waals surface area contributed by atoms with Crippen LogP contribution in [0.4, 0.5) is 5.69 Å². The second kappa shape index (κ2) is 8.92. The Balaban J connectivity index is 1.34. The molecule has 3 heterocycles. The van der Waals surface area contributed by atoms with Crippen LogP contribution in [0.15, 0.2) is 12.1 Å². The molecule has 1 N–H and O–H groups in total. The van der Waals surface area contributed by atoms with E-state index in [2.05, 4.69) is 62.0 Å². The Morgan fingerprint density at radius 1 is 1.26 bits per heavy atom. The van der Waals surface area contributed by atoms with Gasteiger partial charge >= 0.3 is 0 Å². The Bertz CT molecular complexity index is 1200. The molecule has 2 aromatic heterocycles. The van der Waals surface area contributed by atoms with Crippen molar-refractivity contribution in [2.45, 2.75) is 58.4 Å². The minimum atomic E-state index is -0.454. The molecule has 10 heteroatoms. The third-order valence-electron chi connectivity index (χ3n) is 7.76. The highest BCUT2D eigenvalue weighted by Crippen LogP contribution is 2.44. The number of carbonyl (C=O) groups is 1. The third-order valence-corrected chi connectivity index (χ3v) is 8.06. The lowest BCUT2D eigenvalue weighted by molar-refractivity contribution is 0.0724. The number of likely N-dealkylation sites (N-methyl/N-ethyl adjacent to an activating group) is 1. The third kappa shape index (κ3) is 4.20. The summed E-state index contributed by atoms with van der Waals surface area (Å²) < 4.78 is 0. The number of nitrogens with one attached hydrogen (secondary N) is 1. The van der Waals surface area contributed by atoms with Crippen LogP contribution >= 0.6 is 11.6 Å². The number of anilines is 1. The molecule has 182 valence electrons. The van der Waals surface area contributed by atoms with Crippen molar-refractivity contribution in [2.24, 2.45) is 12.5 Å². The SMILES string of the molecule is CCN1CCN(c2cc3[nH]c(C(=O)C4(C)CCC(c5nnn(C)n5)CC4)nc3cc2Cl)[C@@H](C)C1. The lowest BCUT2D eigenvalue weighted by Crippen LogP contribution is -2.51. The fourth-order valence-electron chi connectivity index (χ4n) is 5.51. The molecule has 0 amide bonds. The maximum absolute atomic E-state index is 13.5. The Morgan fingerprint density at radius 3 is 2.68 bits per heavy atom. The number of rotatable bonds is 5. The average Bonchev–Trinajstić information content (AvgIpc) is 3.44. The molecule has 0 unspecified atom stereocenters. The van der Waals surface area contributed by atoms with Crippen molar-refractivity contribution in [1.82, 2.24) is 35.1 Å². The highest BCUT2D eigenvalue weighted by Gasteiger charge is 2.40. The van der Waals surface area contributed by atoms with Crippen molar-refractivity contribution < 1.29 is 4.79 Å². The number of aryl methyl sites for hydroxylation is 1. The first kappa shape index (κ1) is 23.2. The van der Waals surface area contributed by atoms with Gasteiger partial charge in [-0.25, -0.2) is 4.98 Å². The van der Waals surface area contributed by atoms with Gasteiger partial charge in [-0.1, -0.05) is 25.4 Å². The molecule has 1 saturated heterocycles. The summed E-state index contributed by atoms with van der Waals surface area (Å²) in [5, 5.41) is 13.2. The van der Waals surface area contributed by atoms with E-state index in [9.17, 15) is 4.79 Å². The number of aromatic nitrogens is 6. The van der Waals surface area contributed by atoms with Crippen molar-refractivity contribution in [3.05, 3.63) is 28.8 Å². The maximum atomic E-state index is 13.5. The molecular weight excluding hydrogens is 452 g/mol. The van der Waals surface area contributed by atoms with E-state index < -0.39 is 5.41 Å². The van der Waals surface area contributed by atoms with Crippen molar-refractivity contribution in [2.75, 3.05) is 31.1 Å². The zero-order valence-electron chi connectivity index (χ0n) is 20.4. The first-order chi connectivity index (χ1) is 16.3. The van der Waals surface area contributed by atoms with Crippen molar-refractivity contribution in [3.8, 4) is 0 Å². The fraction of sp³-hybridized carbons (Fsp3) is 0.625. The Morgan fingerprint density at radius 2 is 2.03 bits per heavy atom. The Hall–Kier alpha value is -2.52. The lowest BCUT2D eigenvalue weighted by atomic mass is 9.69. The van der Waals surface area contributed by atoms with Crippen LogP contribution in [-0.4, -0.2) is 73.1 Å². The number of carbonyl (C=O) groups excluding carboxylic acids is 1. The average molecular weight is 485 g/mol. The summed E-state index contributed by atoms with van der Waals surface area (Å²) in [6, 6.07) is 4.31. The number of fused-ring (bicyclic) bond motifs is 1. The first-order valence-electron chi connectivity index (χ1n) is 12.2. The minimum absolute atomic E-state index is 0.0665. The molecule has 1 saturated carbocycles. The van der Waals surface area contributed by atoms with Crippen LogP contribution in [0.25, 0.3) is 11.0 Å². The first-order valence-corrected chi connectivity index (χ1v) is 12.6. The largest absolute Gasteiger partial charge is 0.365 e. The van der Waals surface area contributed by atoms with E-state index in [1.807, 2.05) is 6.07 Å². The highest BCUT2D eigenvalue weighted by molar-refractivity contribution is 6.34. The number of benzene rings is 1. The summed E-state index contributed by atoms with van der Waals surface area (Å²) in [6.07, 6.45) is 3.28. The van der Waals surface area contributed by atoms with Crippen LogP contribution in [-0.2, 0) is 7.05 Å². The van der Waals surface area contributed by atoms with Gasteiger partial charge in [0.05, 0.1) is 28.8 Å². The van der Waals surface area contributed by atoms with Gasteiger partial charge in [0.1, 0.15) is 0 Å². The van der Waals surface area contributed by atoms with E-state index in [-0.39, 0.29) is 11.7 Å². The molecule has 0 radical (unpaired) electrons. The zero-order chi connectivity index (χ0) is 24.0. The summed E-state index contributed by atoms with van der Waals surface area (Å²) in [5.74, 6) is 1.51. The van der Waals surface area contributed by atoms with Gasteiger partial charge in [-0.2, -0.15) is 4.80 Å². The van der Waals surface area contributed by atoms with Gasteiger partial charge in [0.15, 0.2) is 11.6 Å². The minimum Gasteiger partial charge on any atom is -0.365 e. The number of piperazine rings is 1. The molecule has 1 atom stereocenters. The molecular formula is C24H33ClN8O. The van der Waals surface area contributed by atoms with Crippen molar-refractivity contribution in [3.63, 3.8) is 0 Å². The van der Waals surface area contributed by atoms with E-state index in [0.29, 0.717) is 16.9 Å². The number of tetrazole rings is 1. The number of H-pyrrole nitrogens is 1. The van der Waals surface area contributed by atoms with E-state index >= 15 is 0 Å². The monoisotopic (exact) mass is 484 g/mol. The number of hydrogen-bond donors (Lipinski definition) is 1. The molecule has 0 bridgehead atoms. The summed E-state index contributed by atoms with van der Waals surface area (Å²) in [7, 11) is 1.78. The van der Waals surface area contributed by atoms with Crippen molar-refractivity contribution in [1.29, 1.82) is 0 Å². The van der Waals surface area contributed by atoms with Crippen LogP contribution in [0, 0.1) is 5.41 Å². The quantitative estimate of drug-likeness (QED) is 0.550. The van der Waals surface area contributed by atoms with Crippen LogP contribution in [0.3, 0.4) is 0 Å². The van der Waals surface area contributed by atoms with Crippen molar-refractivity contribution >= 4 is 34.1 Å². The molecule has 2 fully saturated rings. The second-order valence-corrected chi connectivity index (χ2v) is 10.6. The Kier molecular flexibility index (Phi) is 6.10. The number of hydrogen-bond acceptors (Lipinski definition) is 7. The van der Waals surface area contributed by atoms with Crippen LogP contribution in [0.5, 0.6) is 0 Å². The molecule has 1 aliphatic heterocycles. The van der Waals surface area contributed by atoms with E-state index in [1.54, 1.807) is 7.05 Å². The fourth-order valence-corrected chi connectivity index (χ4v) is 5.78. The van der Waals surface area contributed by atoms with Gasteiger partial charge in [0, 0.05) is 37.0 Å². The van der Waals surface area contributed by atoms with Gasteiger partial charge in [-0.15, -0.1) is 10.2 Å². The summed E-state index contributed by atoms with van der Waals surface area (Å²) in [6.45, 7) is 10.5. The number of aromatic amines is 1. The van der Waals surface area contributed by atoms with Gasteiger partial charge in [0.25, 0.3) is 0 Å². The predicted octanol–water partition coefficient (Wildman–Crippen LogP) is 3.82. The van der Waals surface area contributed by atoms with Crippen LogP contribution < -0.4 is 4.90 Å². The molecule has 1 aromatic carbocycles. The zero-order valence-corrected chi connectivity index (χ0v) is 21.1. The summed E-state index contributed by atoms with van der Waals surface area (Å²) in [4.78, 5) is 27.8. The molecule has 3 aromatic rings. The van der Waals surface area contributed by atoms with E-state index in [1.165, 1.54) is 4.80 Å². The summed E-state index contributed by atoms with van der Waals surface area (Å²) in [5.41, 5.74) is 2.14. The lowest BCUT2D eigenvalue weighted by Gasteiger charge is -2.41. The summed E-state index contributed by atoms with van der Waals surface area (Å²) >= 11 is 6.70. The standard InChI is InChI=1S/C24H33ClN8O/c1-5-32-10-11-33(15(2)14-32)20-13-19-18(12-17(20)25)26-23(27-19)21(34)24(3)8-6-16(7-9-24)22-28-30-31(4)29-22/h12-13,15-16H,5-11,14H2,1-4H3,(H,26,27)/t15-,16?,24?/m0/s1. The second-order valence-electron chi connectivity index (χ2n) is 10.1. The molecule has 0 spiro atoms. The number of ketones is 1. The van der Waals surface area contributed by atoms with Crippen LogP contribution in [0.2, 0.25) is 5.02 Å². The number of Topliss-reactive ketones (excluding diaryl/α,β-unsaturated/α-hetero) is 1. The molecule has 34 heavy (non-hydrogen) atoms. The van der Waals surface area contributed by atoms with Crippen LogP contribution in [0.1, 0.15) is 68.8 Å². The predicted molar refractivity (Wildman–Crippen MR) is 132 cm³/mol. The highest BCUT2D eigenvalue weighted by atomic mass is 35.5. The molecule has 1 aliphatic carbocycles. The Labute approximate surface area is 204 Å². The maximum Gasteiger partial charge on any atom is 0.203 e. The van der Waals surface area contributed by atoms with Gasteiger partial charge < -0.3 is 9.88 Å². The molecule has 9 nitrogen and oxygen atoms in total. The topological polar surface area (TPSA) is 95.8 Å². The van der Waals surface area contributed by atoms with Gasteiger partial charge in [-0.3, -0.25) is 9.69 Å². The van der Waals surface area contributed by atoms with E-state index in [4.69, 9.17) is 11.6 Å². The number of halogens is 1. The normalized spacial score (nSPS) is 26.3. The van der Waals surface area contributed by atoms with E-state index in [0.717, 1.165) is 74.4 Å². The number of nitrogens with zero attached hydrogens (tertiary/aromatic N) is 7. The van der Waals surface area contributed by atoms with Gasteiger partial charge in [-0.05, 0) is 56.5 Å².